The van der Waals surface area contributed by atoms with Gasteiger partial charge in [-0.2, -0.15) is 5.10 Å². The molecule has 1 aromatic carbocycles. The van der Waals surface area contributed by atoms with E-state index in [1.165, 1.54) is 5.39 Å². The van der Waals surface area contributed by atoms with Crippen molar-refractivity contribution in [2.45, 2.75) is 0 Å². The molecule has 1 aliphatic rings. The van der Waals surface area contributed by atoms with Gasteiger partial charge in [0, 0.05) is 18.6 Å². The minimum atomic E-state index is 0.906. The summed E-state index contributed by atoms with van der Waals surface area (Å²) in [7, 11) is 1.96. The summed E-state index contributed by atoms with van der Waals surface area (Å²) in [6.45, 7) is 0.906. The van der Waals surface area contributed by atoms with Gasteiger partial charge in [-0.3, -0.25) is 9.69 Å². The van der Waals surface area contributed by atoms with Crippen molar-refractivity contribution < 1.29 is 0 Å². The van der Waals surface area contributed by atoms with Crippen LogP contribution in [0.3, 0.4) is 0 Å². The summed E-state index contributed by atoms with van der Waals surface area (Å²) < 4.78 is 1.89. The van der Waals surface area contributed by atoms with E-state index >= 15 is 0 Å². The van der Waals surface area contributed by atoms with Gasteiger partial charge in [-0.1, -0.05) is 0 Å². The summed E-state index contributed by atoms with van der Waals surface area (Å²) in [5.74, 6) is 0. The van der Waals surface area contributed by atoms with E-state index in [0.29, 0.717) is 0 Å². The van der Waals surface area contributed by atoms with E-state index in [-0.39, 0.29) is 0 Å². The molecule has 0 bridgehead atoms. The van der Waals surface area contributed by atoms with Crippen LogP contribution >= 0.6 is 0 Å². The van der Waals surface area contributed by atoms with Crippen LogP contribution in [0, 0.1) is 0 Å². The number of hydrogen-bond acceptors (Lipinski definition) is 3. The molecule has 2 heterocycles. The number of benzene rings is 1. The number of aryl methyl sites for hydroxylation is 1. The quantitative estimate of drug-likeness (QED) is 0.755. The molecule has 76 valence electrons. The molecular formula is C11H12N4. The fourth-order valence-corrected chi connectivity index (χ4v) is 1.83. The van der Waals surface area contributed by atoms with Gasteiger partial charge in [-0.05, 0) is 24.3 Å². The van der Waals surface area contributed by atoms with Crippen LogP contribution in [-0.2, 0) is 7.05 Å². The zero-order valence-corrected chi connectivity index (χ0v) is 8.51. The molecule has 0 spiro atoms. The van der Waals surface area contributed by atoms with E-state index in [1.807, 2.05) is 24.1 Å². The van der Waals surface area contributed by atoms with Crippen molar-refractivity contribution in [3.05, 3.63) is 36.7 Å². The van der Waals surface area contributed by atoms with Crippen molar-refractivity contribution in [1.82, 2.24) is 15.2 Å². The van der Waals surface area contributed by atoms with Gasteiger partial charge < -0.3 is 5.43 Å². The largest absolute Gasteiger partial charge is 0.306 e. The Bertz CT molecular complexity index is 518. The Hall–Kier alpha value is -1.97. The molecule has 0 aliphatic carbocycles. The highest BCUT2D eigenvalue weighted by molar-refractivity contribution is 5.82. The van der Waals surface area contributed by atoms with Crippen LogP contribution in [0.5, 0.6) is 0 Å². The summed E-state index contributed by atoms with van der Waals surface area (Å²) in [4.78, 5) is 0. The predicted octanol–water partition coefficient (Wildman–Crippen LogP) is 1.41. The molecule has 2 aromatic rings. The topological polar surface area (TPSA) is 33.1 Å². The van der Waals surface area contributed by atoms with E-state index in [9.17, 15) is 0 Å². The van der Waals surface area contributed by atoms with Gasteiger partial charge in [0.2, 0.25) is 0 Å². The second kappa shape index (κ2) is 3.02. The molecule has 0 saturated heterocycles. The lowest BCUT2D eigenvalue weighted by Gasteiger charge is -2.18. The molecule has 0 unspecified atom stereocenters. The maximum Gasteiger partial charge on any atom is 0.0700 e. The Morgan fingerprint density at radius 1 is 1.40 bits per heavy atom. The fraction of sp³-hybridized carbons (Fsp3) is 0.182. The third-order valence-electron chi connectivity index (χ3n) is 2.68. The number of aromatic nitrogens is 2. The lowest BCUT2D eigenvalue weighted by molar-refractivity contribution is 0.795. The van der Waals surface area contributed by atoms with Crippen LogP contribution in [0.25, 0.3) is 10.9 Å². The number of rotatable bonds is 1. The lowest BCUT2D eigenvalue weighted by Crippen LogP contribution is -2.29. The van der Waals surface area contributed by atoms with Gasteiger partial charge in [0.15, 0.2) is 0 Å². The highest BCUT2D eigenvalue weighted by atomic mass is 15.5. The SMILES string of the molecule is Cn1ncc2ccc(N3CC=CN3)cc21. The molecular weight excluding hydrogens is 188 g/mol. The smallest absolute Gasteiger partial charge is 0.0700 e. The normalized spacial score (nSPS) is 14.9. The molecule has 4 nitrogen and oxygen atoms in total. The van der Waals surface area contributed by atoms with Crippen molar-refractivity contribution in [1.29, 1.82) is 0 Å². The van der Waals surface area contributed by atoms with E-state index in [0.717, 1.165) is 17.7 Å². The molecule has 4 heteroatoms. The number of fused-ring (bicyclic) bond motifs is 1. The number of nitrogens with zero attached hydrogens (tertiary/aromatic N) is 3. The number of nitrogens with one attached hydrogen (secondary N) is 1. The molecule has 0 amide bonds. The minimum absolute atomic E-state index is 0.906. The van der Waals surface area contributed by atoms with Crippen molar-refractivity contribution >= 4 is 16.6 Å². The Morgan fingerprint density at radius 2 is 2.33 bits per heavy atom. The summed E-state index contributed by atoms with van der Waals surface area (Å²) >= 11 is 0. The van der Waals surface area contributed by atoms with Crippen molar-refractivity contribution in [2.75, 3.05) is 11.6 Å². The van der Waals surface area contributed by atoms with Gasteiger partial charge in [0.25, 0.3) is 0 Å². The summed E-state index contributed by atoms with van der Waals surface area (Å²) in [6, 6.07) is 6.34. The molecule has 0 radical (unpaired) electrons. The van der Waals surface area contributed by atoms with Gasteiger partial charge >= 0.3 is 0 Å². The third kappa shape index (κ3) is 1.26. The first-order valence-electron chi connectivity index (χ1n) is 4.95. The maximum absolute atomic E-state index is 4.23. The van der Waals surface area contributed by atoms with Crippen LogP contribution in [0.15, 0.2) is 36.7 Å². The molecule has 0 atom stereocenters. The van der Waals surface area contributed by atoms with Crippen LogP contribution < -0.4 is 10.4 Å². The molecule has 3 rings (SSSR count). The highest BCUT2D eigenvalue weighted by Crippen LogP contribution is 2.21. The number of hydrogen-bond donors (Lipinski definition) is 1. The van der Waals surface area contributed by atoms with Gasteiger partial charge in [-0.25, -0.2) is 0 Å². The first kappa shape index (κ1) is 8.35. The average Bonchev–Trinajstić information content (AvgIpc) is 2.88. The van der Waals surface area contributed by atoms with Crippen molar-refractivity contribution in [3.8, 4) is 0 Å². The van der Waals surface area contributed by atoms with Crippen LogP contribution in [-0.4, -0.2) is 16.3 Å². The maximum atomic E-state index is 4.23. The molecule has 1 aliphatic heterocycles. The molecule has 1 N–H and O–H groups in total. The summed E-state index contributed by atoms with van der Waals surface area (Å²) in [5, 5.41) is 7.49. The first-order chi connectivity index (χ1) is 7.34. The third-order valence-corrected chi connectivity index (χ3v) is 2.68. The summed E-state index contributed by atoms with van der Waals surface area (Å²) in [6.07, 6.45) is 5.93. The Labute approximate surface area is 87.8 Å². The van der Waals surface area contributed by atoms with E-state index < -0.39 is 0 Å². The minimum Gasteiger partial charge on any atom is -0.306 e. The Balaban J connectivity index is 2.08. The van der Waals surface area contributed by atoms with Crippen molar-refractivity contribution in [3.63, 3.8) is 0 Å². The number of anilines is 1. The van der Waals surface area contributed by atoms with Crippen LogP contribution in [0.2, 0.25) is 0 Å². The summed E-state index contributed by atoms with van der Waals surface area (Å²) in [5.41, 5.74) is 5.49. The van der Waals surface area contributed by atoms with Gasteiger partial charge in [0.1, 0.15) is 0 Å². The van der Waals surface area contributed by atoms with Gasteiger partial charge in [0.05, 0.1) is 23.9 Å². The molecule has 15 heavy (non-hydrogen) atoms. The van der Waals surface area contributed by atoms with E-state index in [2.05, 4.69) is 39.8 Å². The zero-order valence-electron chi connectivity index (χ0n) is 8.51. The molecule has 1 aromatic heterocycles. The monoisotopic (exact) mass is 200 g/mol. The van der Waals surface area contributed by atoms with Crippen LogP contribution in [0.4, 0.5) is 5.69 Å². The predicted molar refractivity (Wildman–Crippen MR) is 60.3 cm³/mol. The zero-order chi connectivity index (χ0) is 10.3. The highest BCUT2D eigenvalue weighted by Gasteiger charge is 2.08. The first-order valence-corrected chi connectivity index (χ1v) is 4.95. The lowest BCUT2D eigenvalue weighted by atomic mass is 10.2. The van der Waals surface area contributed by atoms with Gasteiger partial charge in [-0.15, -0.1) is 0 Å². The second-order valence-corrected chi connectivity index (χ2v) is 3.65. The van der Waals surface area contributed by atoms with E-state index in [4.69, 9.17) is 0 Å². The average molecular weight is 200 g/mol. The Morgan fingerprint density at radius 3 is 3.13 bits per heavy atom. The van der Waals surface area contributed by atoms with E-state index in [1.54, 1.807) is 0 Å². The second-order valence-electron chi connectivity index (χ2n) is 3.65. The Kier molecular flexibility index (Phi) is 1.68. The fourth-order valence-electron chi connectivity index (χ4n) is 1.83. The molecule has 0 saturated carbocycles. The van der Waals surface area contributed by atoms with Crippen LogP contribution in [0.1, 0.15) is 0 Å². The number of hydrazine groups is 1. The van der Waals surface area contributed by atoms with Crippen molar-refractivity contribution in [2.24, 2.45) is 7.05 Å². The standard InChI is InChI=1S/C11H12N4/c1-14-11-7-10(15-6-2-5-12-15)4-3-9(11)8-13-14/h2-5,7-8,12H,6H2,1H3. The molecule has 0 fully saturated rings.